The van der Waals surface area contributed by atoms with E-state index in [1.165, 1.54) is 28.1 Å². The van der Waals surface area contributed by atoms with Gasteiger partial charge >= 0.3 is 0 Å². The van der Waals surface area contributed by atoms with Crippen molar-refractivity contribution < 1.29 is 4.79 Å². The summed E-state index contributed by atoms with van der Waals surface area (Å²) in [6.07, 6.45) is 3.94. The molecule has 1 amide bonds. The topological polar surface area (TPSA) is 87.5 Å². The summed E-state index contributed by atoms with van der Waals surface area (Å²) in [7, 11) is 3.70. The number of rotatable bonds is 3. The highest BCUT2D eigenvalue weighted by Crippen LogP contribution is 2.23. The van der Waals surface area contributed by atoms with Gasteiger partial charge in [-0.05, 0) is 30.7 Å². The number of aromatic nitrogens is 4. The van der Waals surface area contributed by atoms with Crippen LogP contribution in [0.4, 0.5) is 5.95 Å². The zero-order chi connectivity index (χ0) is 22.9. The molecule has 9 nitrogen and oxygen atoms in total. The largest absolute Gasteiger partial charge is 0.339 e. The average Bonchev–Trinajstić information content (AvgIpc) is 2.86. The smallest absolute Gasteiger partial charge is 0.255 e. The first-order valence-electron chi connectivity index (χ1n) is 11.2. The number of anilines is 1. The maximum absolute atomic E-state index is 13.5. The molecule has 1 unspecified atom stereocenters. The first kappa shape index (κ1) is 21.3. The Morgan fingerprint density at radius 2 is 1.85 bits per heavy atom. The van der Waals surface area contributed by atoms with Gasteiger partial charge < -0.3 is 9.80 Å². The summed E-state index contributed by atoms with van der Waals surface area (Å²) in [4.78, 5) is 45.2. The normalized spacial score (nSPS) is 18.8. The third kappa shape index (κ3) is 4.11. The fourth-order valence-corrected chi connectivity index (χ4v) is 4.60. The van der Waals surface area contributed by atoms with Crippen LogP contribution in [0.2, 0.25) is 0 Å². The van der Waals surface area contributed by atoms with E-state index in [9.17, 15) is 9.59 Å². The van der Waals surface area contributed by atoms with Gasteiger partial charge in [-0.2, -0.15) is 0 Å². The number of amides is 1. The molecule has 0 bridgehead atoms. The number of likely N-dealkylation sites (N-methyl/N-ethyl adjacent to an activating group) is 1. The van der Waals surface area contributed by atoms with Crippen molar-refractivity contribution in [1.29, 1.82) is 0 Å². The summed E-state index contributed by atoms with van der Waals surface area (Å²) < 4.78 is 1.54. The van der Waals surface area contributed by atoms with E-state index in [-0.39, 0.29) is 17.5 Å². The van der Waals surface area contributed by atoms with Crippen LogP contribution in [-0.4, -0.2) is 74.5 Å². The highest BCUT2D eigenvalue weighted by molar-refractivity contribution is 5.83. The van der Waals surface area contributed by atoms with Crippen molar-refractivity contribution >= 4 is 11.9 Å². The van der Waals surface area contributed by atoms with E-state index < -0.39 is 0 Å². The highest BCUT2D eigenvalue weighted by atomic mass is 16.2. The predicted octanol–water partition coefficient (Wildman–Crippen LogP) is 0.943. The summed E-state index contributed by atoms with van der Waals surface area (Å²) in [6, 6.07) is 11.2. The number of nitrogens with zero attached hydrogens (tertiary/aromatic N) is 7. The molecule has 2 aliphatic rings. The minimum Gasteiger partial charge on any atom is -0.339 e. The van der Waals surface area contributed by atoms with Gasteiger partial charge in [0, 0.05) is 52.0 Å². The lowest BCUT2D eigenvalue weighted by atomic mass is 9.99. The third-order valence-electron chi connectivity index (χ3n) is 6.61. The Hall–Kier alpha value is -3.59. The van der Waals surface area contributed by atoms with Crippen molar-refractivity contribution in [3.63, 3.8) is 0 Å². The Bertz CT molecular complexity index is 1230. The van der Waals surface area contributed by atoms with E-state index in [2.05, 4.69) is 33.1 Å². The molecule has 1 saturated heterocycles. The Morgan fingerprint density at radius 1 is 1.03 bits per heavy atom. The minimum atomic E-state index is -0.302. The average molecular weight is 446 g/mol. The van der Waals surface area contributed by atoms with Gasteiger partial charge in [-0.25, -0.2) is 15.0 Å². The SMILES string of the molecule is CN1CCN(c2nc(-c3ccncn3)cc(=O)n2C)CC1C(=O)N1CCc2ccccc2C1. The van der Waals surface area contributed by atoms with Gasteiger partial charge in [0.25, 0.3) is 5.56 Å². The van der Waals surface area contributed by atoms with Crippen LogP contribution in [0.1, 0.15) is 11.1 Å². The van der Waals surface area contributed by atoms with Crippen molar-refractivity contribution in [2.24, 2.45) is 7.05 Å². The zero-order valence-electron chi connectivity index (χ0n) is 18.9. The zero-order valence-corrected chi connectivity index (χ0v) is 18.9. The number of benzene rings is 1. The number of carbonyl (C=O) groups excluding carboxylic acids is 1. The molecular formula is C24H27N7O2. The van der Waals surface area contributed by atoms with E-state index in [4.69, 9.17) is 4.98 Å². The second-order valence-corrected chi connectivity index (χ2v) is 8.65. The standard InChI is InChI=1S/C24H27N7O2/c1-28-11-12-31(24-27-20(13-22(32)29(24)2)19-7-9-25-16-26-19)15-21(28)23(33)30-10-8-17-5-3-4-6-18(17)14-30/h3-7,9,13,16,21H,8,10-12,14-15H2,1-2H3. The molecule has 0 spiro atoms. The Morgan fingerprint density at radius 3 is 2.64 bits per heavy atom. The number of hydrogen-bond donors (Lipinski definition) is 0. The number of piperazine rings is 1. The molecule has 2 aliphatic heterocycles. The van der Waals surface area contributed by atoms with E-state index in [1.807, 2.05) is 22.9 Å². The fraction of sp³-hybridized carbons (Fsp3) is 0.375. The molecule has 3 aromatic rings. The van der Waals surface area contributed by atoms with Gasteiger partial charge in [0.15, 0.2) is 0 Å². The summed E-state index contributed by atoms with van der Waals surface area (Å²) >= 11 is 0. The van der Waals surface area contributed by atoms with Gasteiger partial charge in [-0.15, -0.1) is 0 Å². The molecule has 5 rings (SSSR count). The molecule has 1 fully saturated rings. The fourth-order valence-electron chi connectivity index (χ4n) is 4.60. The van der Waals surface area contributed by atoms with Crippen molar-refractivity contribution in [3.8, 4) is 11.4 Å². The molecule has 0 saturated carbocycles. The maximum Gasteiger partial charge on any atom is 0.255 e. The molecule has 1 aromatic carbocycles. The predicted molar refractivity (Wildman–Crippen MR) is 125 cm³/mol. The second kappa shape index (κ2) is 8.74. The maximum atomic E-state index is 13.5. The monoisotopic (exact) mass is 445 g/mol. The Balaban J connectivity index is 1.40. The van der Waals surface area contributed by atoms with Crippen LogP contribution in [0.15, 0.2) is 53.7 Å². The Labute approximate surface area is 192 Å². The molecule has 4 heterocycles. The molecule has 1 atom stereocenters. The summed E-state index contributed by atoms with van der Waals surface area (Å²) in [5.74, 6) is 0.666. The van der Waals surface area contributed by atoms with Crippen LogP contribution in [0.3, 0.4) is 0 Å². The summed E-state index contributed by atoms with van der Waals surface area (Å²) in [6.45, 7) is 3.21. The summed E-state index contributed by atoms with van der Waals surface area (Å²) in [5.41, 5.74) is 3.47. The molecule has 0 radical (unpaired) electrons. The van der Waals surface area contributed by atoms with Crippen LogP contribution >= 0.6 is 0 Å². The lowest BCUT2D eigenvalue weighted by molar-refractivity contribution is -0.137. The molecule has 9 heteroatoms. The van der Waals surface area contributed by atoms with Gasteiger partial charge in [0.05, 0.1) is 11.4 Å². The van der Waals surface area contributed by atoms with Crippen molar-refractivity contribution in [3.05, 3.63) is 70.4 Å². The second-order valence-electron chi connectivity index (χ2n) is 8.65. The molecule has 2 aromatic heterocycles. The van der Waals surface area contributed by atoms with Crippen LogP contribution in [0.25, 0.3) is 11.4 Å². The van der Waals surface area contributed by atoms with Crippen LogP contribution in [0.5, 0.6) is 0 Å². The first-order chi connectivity index (χ1) is 16.0. The lowest BCUT2D eigenvalue weighted by Gasteiger charge is -2.42. The van der Waals surface area contributed by atoms with Gasteiger partial charge in [-0.3, -0.25) is 19.1 Å². The third-order valence-corrected chi connectivity index (χ3v) is 6.61. The molecule has 170 valence electrons. The molecule has 0 N–H and O–H groups in total. The van der Waals surface area contributed by atoms with Crippen LogP contribution in [0, 0.1) is 0 Å². The van der Waals surface area contributed by atoms with Crippen molar-refractivity contribution in [2.45, 2.75) is 19.0 Å². The number of carbonyl (C=O) groups is 1. The highest BCUT2D eigenvalue weighted by Gasteiger charge is 2.35. The van der Waals surface area contributed by atoms with E-state index >= 15 is 0 Å². The first-order valence-corrected chi connectivity index (χ1v) is 11.2. The van der Waals surface area contributed by atoms with Gasteiger partial charge in [0.2, 0.25) is 11.9 Å². The Kier molecular flexibility index (Phi) is 5.63. The molecule has 0 aliphatic carbocycles. The van der Waals surface area contributed by atoms with Crippen LogP contribution in [-0.2, 0) is 24.8 Å². The van der Waals surface area contributed by atoms with E-state index in [1.54, 1.807) is 19.3 Å². The van der Waals surface area contributed by atoms with Crippen molar-refractivity contribution in [2.75, 3.05) is 38.1 Å². The quantitative estimate of drug-likeness (QED) is 0.593. The summed E-state index contributed by atoms with van der Waals surface area (Å²) in [5, 5.41) is 0. The van der Waals surface area contributed by atoms with E-state index in [0.29, 0.717) is 43.5 Å². The van der Waals surface area contributed by atoms with Gasteiger partial charge in [-0.1, -0.05) is 24.3 Å². The molecular weight excluding hydrogens is 418 g/mol. The number of fused-ring (bicyclic) bond motifs is 1. The van der Waals surface area contributed by atoms with Gasteiger partial charge in [0.1, 0.15) is 12.4 Å². The minimum absolute atomic E-state index is 0.119. The molecule has 33 heavy (non-hydrogen) atoms. The number of hydrogen-bond acceptors (Lipinski definition) is 7. The van der Waals surface area contributed by atoms with Crippen molar-refractivity contribution in [1.82, 2.24) is 29.3 Å². The lowest BCUT2D eigenvalue weighted by Crippen LogP contribution is -2.59. The van der Waals surface area contributed by atoms with Crippen LogP contribution < -0.4 is 10.5 Å². The van der Waals surface area contributed by atoms with E-state index in [0.717, 1.165) is 13.0 Å².